The van der Waals surface area contributed by atoms with Gasteiger partial charge in [-0.2, -0.15) is 5.10 Å². The van der Waals surface area contributed by atoms with E-state index >= 15 is 0 Å². The third-order valence-corrected chi connectivity index (χ3v) is 5.81. The predicted molar refractivity (Wildman–Crippen MR) is 120 cm³/mol. The number of ether oxygens (including phenoxy) is 3. The zero-order valence-corrected chi connectivity index (χ0v) is 19.3. The number of benzene rings is 1. The summed E-state index contributed by atoms with van der Waals surface area (Å²) >= 11 is 12.3. The summed E-state index contributed by atoms with van der Waals surface area (Å²) in [5.41, 5.74) is 7.94. The number of nitrogens with two attached hydrogens (primary N) is 1. The topological polar surface area (TPSA) is 84.4 Å². The Kier molecular flexibility index (Phi) is 6.31. The van der Waals surface area contributed by atoms with Crippen molar-refractivity contribution in [1.82, 2.24) is 14.8 Å². The Labute approximate surface area is 195 Å². The van der Waals surface area contributed by atoms with E-state index in [2.05, 4.69) is 10.1 Å². The average Bonchev–Trinajstić information content (AvgIpc) is 3.33. The molecule has 1 saturated heterocycles. The Morgan fingerprint density at radius 2 is 2.09 bits per heavy atom. The van der Waals surface area contributed by atoms with Crippen LogP contribution in [0.4, 0.5) is 10.2 Å². The maximum atomic E-state index is 13.9. The average molecular weight is 481 g/mol. The van der Waals surface area contributed by atoms with E-state index in [1.807, 2.05) is 20.0 Å². The zero-order chi connectivity index (χ0) is 23.0. The molecule has 1 aromatic carbocycles. The molecule has 1 fully saturated rings. The first-order valence-electron chi connectivity index (χ1n) is 10.0. The summed E-state index contributed by atoms with van der Waals surface area (Å²) in [6, 6.07) is 4.39. The summed E-state index contributed by atoms with van der Waals surface area (Å²) in [7, 11) is 0. The Morgan fingerprint density at radius 3 is 2.81 bits per heavy atom. The molecule has 1 aliphatic rings. The van der Waals surface area contributed by atoms with Crippen molar-refractivity contribution in [2.75, 3.05) is 12.3 Å². The van der Waals surface area contributed by atoms with Crippen LogP contribution in [0.3, 0.4) is 0 Å². The molecular weight excluding hydrogens is 458 g/mol. The summed E-state index contributed by atoms with van der Waals surface area (Å²) in [5.74, 6) is -0.643. The first-order chi connectivity index (χ1) is 15.1. The van der Waals surface area contributed by atoms with Crippen molar-refractivity contribution in [1.29, 1.82) is 0 Å². The molecular formula is C22H23Cl2FN4O3. The monoisotopic (exact) mass is 480 g/mol. The predicted octanol–water partition coefficient (Wildman–Crippen LogP) is 5.26. The molecule has 2 N–H and O–H groups in total. The molecule has 7 nitrogen and oxygen atoms in total. The fourth-order valence-corrected chi connectivity index (χ4v) is 4.22. The molecule has 10 heteroatoms. The van der Waals surface area contributed by atoms with Gasteiger partial charge >= 0.3 is 0 Å². The molecule has 3 heterocycles. The molecule has 32 heavy (non-hydrogen) atoms. The Balaban J connectivity index is 1.52. The Bertz CT molecular complexity index is 1140. The number of nitrogen functional groups attached to an aromatic ring is 1. The molecule has 0 radical (unpaired) electrons. The van der Waals surface area contributed by atoms with Crippen molar-refractivity contribution in [2.45, 2.75) is 45.3 Å². The lowest BCUT2D eigenvalue weighted by atomic mass is 10.1. The lowest BCUT2D eigenvalue weighted by Gasteiger charge is -2.19. The SMILES string of the molecule is CC(Oc1cc(-c2cnn(C[C@@H]3COC(C)(C)O3)c2)cnc1N)c1c(Cl)ccc(F)c1Cl. The van der Waals surface area contributed by atoms with Gasteiger partial charge in [0.2, 0.25) is 0 Å². The lowest BCUT2D eigenvalue weighted by molar-refractivity contribution is -0.139. The Morgan fingerprint density at radius 1 is 1.31 bits per heavy atom. The second-order valence-corrected chi connectivity index (χ2v) is 8.81. The van der Waals surface area contributed by atoms with Crippen molar-refractivity contribution in [3.63, 3.8) is 0 Å². The van der Waals surface area contributed by atoms with Gasteiger partial charge in [-0.15, -0.1) is 0 Å². The second kappa shape index (κ2) is 8.86. The van der Waals surface area contributed by atoms with Crippen LogP contribution in [0, 0.1) is 5.82 Å². The first kappa shape index (κ1) is 22.8. The second-order valence-electron chi connectivity index (χ2n) is 8.03. The number of rotatable bonds is 6. The van der Waals surface area contributed by atoms with Crippen molar-refractivity contribution in [3.05, 3.63) is 58.2 Å². The molecule has 0 bridgehead atoms. The van der Waals surface area contributed by atoms with Crippen LogP contribution in [0.2, 0.25) is 10.0 Å². The fourth-order valence-electron chi connectivity index (χ4n) is 3.55. The van der Waals surface area contributed by atoms with E-state index in [0.29, 0.717) is 29.5 Å². The number of hydrogen-bond donors (Lipinski definition) is 1. The van der Waals surface area contributed by atoms with Crippen molar-refractivity contribution < 1.29 is 18.6 Å². The van der Waals surface area contributed by atoms with E-state index in [0.717, 1.165) is 11.1 Å². The number of hydrogen-bond acceptors (Lipinski definition) is 6. The van der Waals surface area contributed by atoms with Gasteiger partial charge in [0.1, 0.15) is 18.0 Å². The number of anilines is 1. The van der Waals surface area contributed by atoms with Crippen LogP contribution in [-0.4, -0.2) is 33.3 Å². The molecule has 0 aliphatic carbocycles. The van der Waals surface area contributed by atoms with Gasteiger partial charge in [-0.1, -0.05) is 23.2 Å². The number of nitrogens with zero attached hydrogens (tertiary/aromatic N) is 3. The van der Waals surface area contributed by atoms with Gasteiger partial charge in [0.05, 0.1) is 24.4 Å². The molecule has 3 aromatic rings. The van der Waals surface area contributed by atoms with E-state index < -0.39 is 17.7 Å². The van der Waals surface area contributed by atoms with Crippen molar-refractivity contribution >= 4 is 29.0 Å². The highest BCUT2D eigenvalue weighted by Gasteiger charge is 2.32. The molecule has 0 saturated carbocycles. The maximum absolute atomic E-state index is 13.9. The highest BCUT2D eigenvalue weighted by atomic mass is 35.5. The van der Waals surface area contributed by atoms with E-state index in [4.69, 9.17) is 43.1 Å². The van der Waals surface area contributed by atoms with Crippen LogP contribution in [0.15, 0.2) is 36.8 Å². The molecule has 170 valence electrons. The smallest absolute Gasteiger partial charge is 0.166 e. The van der Waals surface area contributed by atoms with Gasteiger partial charge in [-0.05, 0) is 39.0 Å². The number of pyridine rings is 1. The van der Waals surface area contributed by atoms with E-state index in [9.17, 15) is 4.39 Å². The van der Waals surface area contributed by atoms with Crippen LogP contribution in [0.1, 0.15) is 32.4 Å². The van der Waals surface area contributed by atoms with E-state index in [1.165, 1.54) is 12.1 Å². The van der Waals surface area contributed by atoms with Gasteiger partial charge in [-0.25, -0.2) is 9.37 Å². The third-order valence-electron chi connectivity index (χ3n) is 5.10. The van der Waals surface area contributed by atoms with Gasteiger partial charge < -0.3 is 19.9 Å². The summed E-state index contributed by atoms with van der Waals surface area (Å²) in [6.45, 7) is 6.54. The van der Waals surface area contributed by atoms with Gasteiger partial charge in [0.15, 0.2) is 17.4 Å². The fraction of sp³-hybridized carbons (Fsp3) is 0.364. The quantitative estimate of drug-likeness (QED) is 0.484. The molecule has 0 amide bonds. The standard InChI is InChI=1S/C22H23Cl2FN4O3/c1-12(19-16(23)4-5-17(25)20(19)24)31-18-6-13(7-27-21(18)26)14-8-28-29(9-14)10-15-11-30-22(2,3)32-15/h4-9,12,15H,10-11H2,1-3H3,(H2,26,27)/t12?,15-/m1/s1. The van der Waals surface area contributed by atoms with Crippen molar-refractivity contribution in [3.8, 4) is 16.9 Å². The molecule has 1 unspecified atom stereocenters. The summed E-state index contributed by atoms with van der Waals surface area (Å²) < 4.78 is 33.1. The number of halogens is 3. The highest BCUT2D eigenvalue weighted by molar-refractivity contribution is 6.36. The molecule has 1 aliphatic heterocycles. The molecule has 2 aromatic heterocycles. The Hall–Kier alpha value is -2.39. The van der Waals surface area contributed by atoms with Crippen LogP contribution >= 0.6 is 23.2 Å². The number of aromatic nitrogens is 3. The van der Waals surface area contributed by atoms with Gasteiger partial charge in [0, 0.05) is 34.1 Å². The van der Waals surface area contributed by atoms with Gasteiger partial charge in [-0.3, -0.25) is 4.68 Å². The first-order valence-corrected chi connectivity index (χ1v) is 10.8. The van der Waals surface area contributed by atoms with Crippen molar-refractivity contribution in [2.24, 2.45) is 0 Å². The van der Waals surface area contributed by atoms with Crippen LogP contribution in [0.25, 0.3) is 11.1 Å². The minimum absolute atomic E-state index is 0.0807. The van der Waals surface area contributed by atoms with E-state index in [-0.39, 0.29) is 16.9 Å². The third kappa shape index (κ3) is 4.83. The lowest BCUT2D eigenvalue weighted by Crippen LogP contribution is -2.24. The maximum Gasteiger partial charge on any atom is 0.166 e. The largest absolute Gasteiger partial charge is 0.482 e. The van der Waals surface area contributed by atoms with Crippen LogP contribution in [0.5, 0.6) is 5.75 Å². The summed E-state index contributed by atoms with van der Waals surface area (Å²) in [6.07, 6.45) is 4.50. The minimum Gasteiger partial charge on any atom is -0.482 e. The summed E-state index contributed by atoms with van der Waals surface area (Å²) in [4.78, 5) is 4.23. The molecule has 2 atom stereocenters. The molecule has 0 spiro atoms. The molecule has 4 rings (SSSR count). The van der Waals surface area contributed by atoms with Gasteiger partial charge in [0.25, 0.3) is 0 Å². The summed E-state index contributed by atoms with van der Waals surface area (Å²) in [5, 5.41) is 4.61. The zero-order valence-electron chi connectivity index (χ0n) is 17.8. The highest BCUT2D eigenvalue weighted by Crippen LogP contribution is 2.37. The van der Waals surface area contributed by atoms with E-state index in [1.54, 1.807) is 30.1 Å². The van der Waals surface area contributed by atoms with Crippen LogP contribution < -0.4 is 10.5 Å². The van der Waals surface area contributed by atoms with Crippen LogP contribution in [-0.2, 0) is 16.0 Å². The normalized spacial score (nSPS) is 18.6. The minimum atomic E-state index is -0.657.